The number of benzene rings is 1. The molecular weight excluding hydrogens is 192 g/mol. The Kier molecular flexibility index (Phi) is 2.68. The van der Waals surface area contributed by atoms with Crippen LogP contribution in [0.1, 0.15) is 17.5 Å². The first kappa shape index (κ1) is 10.1. The molecule has 1 saturated heterocycles. The van der Waals surface area contributed by atoms with E-state index >= 15 is 0 Å². The first-order valence-electron chi connectivity index (χ1n) is 5.13. The Morgan fingerprint density at radius 1 is 1.47 bits per heavy atom. The van der Waals surface area contributed by atoms with Gasteiger partial charge in [0.2, 0.25) is 0 Å². The highest BCUT2D eigenvalue weighted by Crippen LogP contribution is 2.20. The van der Waals surface area contributed by atoms with Crippen LogP contribution in [0, 0.1) is 17.0 Å². The minimum Gasteiger partial charge on any atom is -0.299 e. The van der Waals surface area contributed by atoms with Crippen LogP contribution in [0.4, 0.5) is 5.69 Å². The first-order chi connectivity index (χ1) is 7.16. The van der Waals surface area contributed by atoms with Crippen molar-refractivity contribution in [2.24, 2.45) is 0 Å². The molecule has 1 aliphatic heterocycles. The lowest BCUT2D eigenvalue weighted by molar-refractivity contribution is -0.385. The fraction of sp³-hybridized carbons (Fsp3) is 0.455. The van der Waals surface area contributed by atoms with Gasteiger partial charge in [0.25, 0.3) is 5.69 Å². The summed E-state index contributed by atoms with van der Waals surface area (Å²) in [7, 11) is 0. The average molecular weight is 206 g/mol. The number of nitro benzene ring substituents is 1. The molecule has 1 aromatic rings. The molecule has 0 bridgehead atoms. The maximum atomic E-state index is 10.6. The molecule has 0 atom stereocenters. The molecule has 15 heavy (non-hydrogen) atoms. The van der Waals surface area contributed by atoms with Crippen LogP contribution < -0.4 is 0 Å². The van der Waals surface area contributed by atoms with Crippen LogP contribution in [0.5, 0.6) is 0 Å². The van der Waals surface area contributed by atoms with E-state index < -0.39 is 0 Å². The molecule has 0 N–H and O–H groups in total. The van der Waals surface area contributed by atoms with E-state index in [9.17, 15) is 10.1 Å². The predicted molar refractivity (Wildman–Crippen MR) is 57.7 cm³/mol. The molecule has 4 heteroatoms. The molecule has 0 amide bonds. The molecule has 2 rings (SSSR count). The Balaban J connectivity index is 2.13. The molecule has 0 spiro atoms. The largest absolute Gasteiger partial charge is 0.299 e. The summed E-state index contributed by atoms with van der Waals surface area (Å²) >= 11 is 0. The van der Waals surface area contributed by atoms with Gasteiger partial charge in [-0.25, -0.2) is 0 Å². The number of nitrogens with zero attached hydrogens (tertiary/aromatic N) is 2. The molecule has 1 aliphatic rings. The number of aryl methyl sites for hydroxylation is 1. The number of likely N-dealkylation sites (tertiary alicyclic amines) is 1. The van der Waals surface area contributed by atoms with E-state index in [1.165, 1.54) is 6.42 Å². The third-order valence-electron chi connectivity index (χ3n) is 2.81. The fourth-order valence-corrected chi connectivity index (χ4v) is 1.82. The molecule has 1 heterocycles. The molecule has 1 aromatic carbocycles. The second kappa shape index (κ2) is 3.98. The second-order valence-electron chi connectivity index (χ2n) is 4.01. The van der Waals surface area contributed by atoms with Crippen molar-refractivity contribution in [1.29, 1.82) is 0 Å². The van der Waals surface area contributed by atoms with E-state index in [1.807, 2.05) is 12.1 Å². The second-order valence-corrected chi connectivity index (χ2v) is 4.01. The molecule has 0 radical (unpaired) electrons. The number of nitro groups is 1. The standard InChI is InChI=1S/C11H14N2O2/c1-9-7-10(8-12-5-2-6-12)3-4-11(9)13(14)15/h3-4,7H,2,5-6,8H2,1H3. The lowest BCUT2D eigenvalue weighted by atomic mass is 10.1. The van der Waals surface area contributed by atoms with E-state index in [1.54, 1.807) is 13.0 Å². The van der Waals surface area contributed by atoms with Crippen molar-refractivity contribution >= 4 is 5.69 Å². The van der Waals surface area contributed by atoms with Crippen LogP contribution in [0.25, 0.3) is 0 Å². The summed E-state index contributed by atoms with van der Waals surface area (Å²) in [6.07, 6.45) is 1.27. The zero-order valence-corrected chi connectivity index (χ0v) is 8.77. The van der Waals surface area contributed by atoms with Crippen molar-refractivity contribution in [1.82, 2.24) is 4.90 Å². The van der Waals surface area contributed by atoms with Crippen LogP contribution in [0.2, 0.25) is 0 Å². The Hall–Kier alpha value is -1.42. The highest BCUT2D eigenvalue weighted by atomic mass is 16.6. The van der Waals surface area contributed by atoms with Crippen LogP contribution in [0.15, 0.2) is 18.2 Å². The average Bonchev–Trinajstić information content (AvgIpc) is 2.11. The molecule has 0 saturated carbocycles. The highest BCUT2D eigenvalue weighted by molar-refractivity contribution is 5.41. The Labute approximate surface area is 88.7 Å². The summed E-state index contributed by atoms with van der Waals surface area (Å²) in [6, 6.07) is 5.37. The zero-order chi connectivity index (χ0) is 10.8. The van der Waals surface area contributed by atoms with Gasteiger partial charge in [0.05, 0.1) is 4.92 Å². The smallest absolute Gasteiger partial charge is 0.272 e. The number of rotatable bonds is 3. The van der Waals surface area contributed by atoms with E-state index in [0.29, 0.717) is 0 Å². The summed E-state index contributed by atoms with van der Waals surface area (Å²) in [5, 5.41) is 10.6. The summed E-state index contributed by atoms with van der Waals surface area (Å²) in [6.45, 7) is 5.00. The normalized spacial score (nSPS) is 16.1. The predicted octanol–water partition coefficient (Wildman–Crippen LogP) is 2.11. The number of hydrogen-bond acceptors (Lipinski definition) is 3. The van der Waals surface area contributed by atoms with Crippen molar-refractivity contribution in [3.63, 3.8) is 0 Å². The van der Waals surface area contributed by atoms with Gasteiger partial charge in [-0.15, -0.1) is 0 Å². The van der Waals surface area contributed by atoms with Gasteiger partial charge in [0, 0.05) is 18.2 Å². The molecule has 0 aliphatic carbocycles. The minimum atomic E-state index is -0.331. The van der Waals surface area contributed by atoms with Crippen molar-refractivity contribution in [2.75, 3.05) is 13.1 Å². The van der Waals surface area contributed by atoms with Crippen molar-refractivity contribution in [3.05, 3.63) is 39.4 Å². The third kappa shape index (κ3) is 2.15. The van der Waals surface area contributed by atoms with Gasteiger partial charge >= 0.3 is 0 Å². The van der Waals surface area contributed by atoms with Crippen molar-refractivity contribution in [3.8, 4) is 0 Å². The van der Waals surface area contributed by atoms with Gasteiger partial charge in [-0.1, -0.05) is 6.07 Å². The van der Waals surface area contributed by atoms with Crippen LogP contribution in [-0.4, -0.2) is 22.9 Å². The Morgan fingerprint density at radius 2 is 2.20 bits per heavy atom. The molecule has 4 nitrogen and oxygen atoms in total. The zero-order valence-electron chi connectivity index (χ0n) is 8.77. The van der Waals surface area contributed by atoms with Gasteiger partial charge in [0.1, 0.15) is 0 Å². The van der Waals surface area contributed by atoms with Crippen molar-refractivity contribution in [2.45, 2.75) is 19.9 Å². The van der Waals surface area contributed by atoms with Crippen molar-refractivity contribution < 1.29 is 4.92 Å². The summed E-state index contributed by atoms with van der Waals surface area (Å²) < 4.78 is 0. The molecule has 80 valence electrons. The molecular formula is C11H14N2O2. The van der Waals surface area contributed by atoms with E-state index in [0.717, 1.165) is 30.8 Å². The highest BCUT2D eigenvalue weighted by Gasteiger charge is 2.15. The monoisotopic (exact) mass is 206 g/mol. The fourth-order valence-electron chi connectivity index (χ4n) is 1.82. The SMILES string of the molecule is Cc1cc(CN2CCC2)ccc1[N+](=O)[O-]. The van der Waals surface area contributed by atoms with Crippen LogP contribution in [-0.2, 0) is 6.54 Å². The lowest BCUT2D eigenvalue weighted by Gasteiger charge is -2.30. The van der Waals surface area contributed by atoms with Gasteiger partial charge in [0.15, 0.2) is 0 Å². The molecule has 1 fully saturated rings. The topological polar surface area (TPSA) is 46.4 Å². The number of hydrogen-bond donors (Lipinski definition) is 0. The van der Waals surface area contributed by atoms with E-state index in [-0.39, 0.29) is 10.6 Å². The maximum absolute atomic E-state index is 10.6. The summed E-state index contributed by atoms with van der Waals surface area (Å²) in [4.78, 5) is 12.6. The van der Waals surface area contributed by atoms with E-state index in [2.05, 4.69) is 4.90 Å². The molecule has 0 unspecified atom stereocenters. The summed E-state index contributed by atoms with van der Waals surface area (Å²) in [5.41, 5.74) is 2.12. The maximum Gasteiger partial charge on any atom is 0.272 e. The minimum absolute atomic E-state index is 0.211. The van der Waals surface area contributed by atoms with Gasteiger partial charge in [-0.2, -0.15) is 0 Å². The Morgan fingerprint density at radius 3 is 2.67 bits per heavy atom. The third-order valence-corrected chi connectivity index (χ3v) is 2.81. The quantitative estimate of drug-likeness (QED) is 0.562. The van der Waals surface area contributed by atoms with Gasteiger partial charge in [-0.05, 0) is 38.1 Å². The van der Waals surface area contributed by atoms with Gasteiger partial charge in [-0.3, -0.25) is 15.0 Å². The first-order valence-corrected chi connectivity index (χ1v) is 5.13. The molecule has 0 aromatic heterocycles. The van der Waals surface area contributed by atoms with Crippen LogP contribution in [0.3, 0.4) is 0 Å². The van der Waals surface area contributed by atoms with Crippen LogP contribution >= 0.6 is 0 Å². The van der Waals surface area contributed by atoms with Gasteiger partial charge < -0.3 is 0 Å². The lowest BCUT2D eigenvalue weighted by Crippen LogP contribution is -2.36. The van der Waals surface area contributed by atoms with E-state index in [4.69, 9.17) is 0 Å². The Bertz CT molecular complexity index is 386. The summed E-state index contributed by atoms with van der Waals surface area (Å²) in [5.74, 6) is 0.